The summed E-state index contributed by atoms with van der Waals surface area (Å²) in [5, 5.41) is 2.93. The highest BCUT2D eigenvalue weighted by Gasteiger charge is 2.21. The lowest BCUT2D eigenvalue weighted by atomic mass is 10.1. The third-order valence-electron chi connectivity index (χ3n) is 1.99. The van der Waals surface area contributed by atoms with E-state index in [2.05, 4.69) is 32.2 Å². The van der Waals surface area contributed by atoms with Crippen LogP contribution in [0.4, 0.5) is 0 Å². The normalized spacial score (nSPS) is 11.6. The molecule has 4 nitrogen and oxygen atoms in total. The Morgan fingerprint density at radius 2 is 2.47 bits per heavy atom. The maximum atomic E-state index is 11.8. The van der Waals surface area contributed by atoms with E-state index in [-0.39, 0.29) is 12.5 Å². The number of pyridine rings is 1. The Morgan fingerprint density at radius 1 is 1.71 bits per heavy atom. The van der Waals surface area contributed by atoms with Gasteiger partial charge in [0, 0.05) is 16.9 Å². The van der Waals surface area contributed by atoms with Crippen molar-refractivity contribution in [2.45, 2.75) is 13.0 Å². The molecule has 1 unspecified atom stereocenters. The van der Waals surface area contributed by atoms with E-state index in [0.29, 0.717) is 12.2 Å². The number of terminal acetylenes is 1. The molecule has 1 N–H and O–H groups in total. The van der Waals surface area contributed by atoms with Crippen LogP contribution in [0.1, 0.15) is 18.5 Å². The van der Waals surface area contributed by atoms with Crippen molar-refractivity contribution in [3.05, 3.63) is 28.5 Å². The van der Waals surface area contributed by atoms with Gasteiger partial charge in [0.05, 0.1) is 13.2 Å². The number of rotatable bonds is 5. The number of halogens is 1. The highest BCUT2D eigenvalue weighted by Crippen LogP contribution is 2.17. The second kappa shape index (κ2) is 7.05. The molecule has 0 aliphatic carbocycles. The predicted molar refractivity (Wildman–Crippen MR) is 68.1 cm³/mol. The fraction of sp³-hybridized carbons (Fsp3) is 0.333. The molecule has 1 heterocycles. The summed E-state index contributed by atoms with van der Waals surface area (Å²) in [5.41, 5.74) is 0.716. The molecule has 0 fully saturated rings. The number of ether oxygens (including phenoxy) is 1. The summed E-state index contributed by atoms with van der Waals surface area (Å²) in [5.74, 6) is 2.07. The lowest BCUT2D eigenvalue weighted by Gasteiger charge is -2.16. The third-order valence-corrected chi connectivity index (χ3v) is 2.42. The number of nitrogens with zero attached hydrogens (tertiary/aromatic N) is 1. The van der Waals surface area contributed by atoms with Gasteiger partial charge in [-0.3, -0.25) is 10.3 Å². The highest BCUT2D eigenvalue weighted by atomic mass is 79.9. The Balaban J connectivity index is 2.89. The summed E-state index contributed by atoms with van der Waals surface area (Å²) in [6.07, 6.45) is 8.42. The predicted octanol–water partition coefficient (Wildman–Crippen LogP) is 1.67. The van der Waals surface area contributed by atoms with Gasteiger partial charge in [0.1, 0.15) is 6.04 Å². The van der Waals surface area contributed by atoms with Crippen LogP contribution in [0.2, 0.25) is 0 Å². The molecule has 1 atom stereocenters. The van der Waals surface area contributed by atoms with Crippen molar-refractivity contribution in [3.63, 3.8) is 0 Å². The number of carbonyl (C=O) groups excluding carboxylic acids is 1. The fourth-order valence-corrected chi connectivity index (χ4v) is 1.69. The molecule has 17 heavy (non-hydrogen) atoms. The smallest absolute Gasteiger partial charge is 0.327 e. The molecule has 0 bridgehead atoms. The van der Waals surface area contributed by atoms with Crippen molar-refractivity contribution in [2.24, 2.45) is 0 Å². The average molecular weight is 297 g/mol. The highest BCUT2D eigenvalue weighted by molar-refractivity contribution is 9.10. The summed E-state index contributed by atoms with van der Waals surface area (Å²) in [6, 6.07) is 1.22. The van der Waals surface area contributed by atoms with Crippen LogP contribution in [0.5, 0.6) is 0 Å². The summed E-state index contributed by atoms with van der Waals surface area (Å²) in [6.45, 7) is 2.37. The molecule has 5 heteroatoms. The van der Waals surface area contributed by atoms with E-state index in [1.807, 2.05) is 0 Å². The van der Waals surface area contributed by atoms with Gasteiger partial charge in [-0.05, 0) is 34.5 Å². The van der Waals surface area contributed by atoms with Crippen molar-refractivity contribution < 1.29 is 9.53 Å². The van der Waals surface area contributed by atoms with Crippen molar-refractivity contribution >= 4 is 21.9 Å². The van der Waals surface area contributed by atoms with E-state index in [1.54, 1.807) is 25.4 Å². The van der Waals surface area contributed by atoms with Crippen LogP contribution in [0.3, 0.4) is 0 Å². The van der Waals surface area contributed by atoms with E-state index >= 15 is 0 Å². The molecule has 0 aliphatic heterocycles. The first-order valence-corrected chi connectivity index (χ1v) is 5.92. The molecule has 0 saturated heterocycles. The SMILES string of the molecule is C#CCNC(C(=O)OCC)c1cncc(Br)c1. The number of aromatic nitrogens is 1. The van der Waals surface area contributed by atoms with Crippen LogP contribution >= 0.6 is 15.9 Å². The lowest BCUT2D eigenvalue weighted by molar-refractivity contribution is -0.145. The summed E-state index contributed by atoms with van der Waals surface area (Å²) in [4.78, 5) is 15.8. The zero-order valence-electron chi connectivity index (χ0n) is 9.44. The number of hydrogen-bond donors (Lipinski definition) is 1. The molecule has 1 aromatic heterocycles. The molecule has 0 radical (unpaired) electrons. The zero-order valence-corrected chi connectivity index (χ0v) is 11.0. The van der Waals surface area contributed by atoms with Crippen LogP contribution in [0.15, 0.2) is 22.9 Å². The van der Waals surface area contributed by atoms with Gasteiger partial charge in [-0.1, -0.05) is 5.92 Å². The van der Waals surface area contributed by atoms with E-state index in [1.165, 1.54) is 0 Å². The first-order chi connectivity index (χ1) is 8.19. The molecule has 1 aromatic rings. The van der Waals surface area contributed by atoms with Crippen molar-refractivity contribution in [3.8, 4) is 12.3 Å². The minimum Gasteiger partial charge on any atom is -0.465 e. The minimum absolute atomic E-state index is 0.288. The van der Waals surface area contributed by atoms with Gasteiger partial charge >= 0.3 is 5.97 Å². The lowest BCUT2D eigenvalue weighted by Crippen LogP contribution is -2.30. The van der Waals surface area contributed by atoms with Gasteiger partial charge in [-0.2, -0.15) is 0 Å². The quantitative estimate of drug-likeness (QED) is 0.663. The Bertz CT molecular complexity index is 429. The van der Waals surface area contributed by atoms with Crippen molar-refractivity contribution in [1.82, 2.24) is 10.3 Å². The van der Waals surface area contributed by atoms with E-state index in [4.69, 9.17) is 11.2 Å². The largest absolute Gasteiger partial charge is 0.465 e. The monoisotopic (exact) mass is 296 g/mol. The van der Waals surface area contributed by atoms with Crippen LogP contribution in [0.25, 0.3) is 0 Å². The fourth-order valence-electron chi connectivity index (χ4n) is 1.31. The van der Waals surface area contributed by atoms with Crippen LogP contribution in [0, 0.1) is 12.3 Å². The van der Waals surface area contributed by atoms with Crippen molar-refractivity contribution in [1.29, 1.82) is 0 Å². The standard InChI is InChI=1S/C12H13BrN2O2/c1-3-5-15-11(12(16)17-4-2)9-6-10(13)8-14-7-9/h1,6-8,11,15H,4-5H2,2H3. The number of esters is 1. The van der Waals surface area contributed by atoms with E-state index in [0.717, 1.165) is 4.47 Å². The van der Waals surface area contributed by atoms with Gasteiger partial charge in [-0.25, -0.2) is 4.79 Å². The Kier molecular flexibility index (Phi) is 5.67. The molecule has 0 aromatic carbocycles. The first kappa shape index (κ1) is 13.7. The second-order valence-electron chi connectivity index (χ2n) is 3.21. The summed E-state index contributed by atoms with van der Waals surface area (Å²) < 4.78 is 5.78. The molecule has 0 amide bonds. The van der Waals surface area contributed by atoms with Gasteiger partial charge in [-0.15, -0.1) is 6.42 Å². The minimum atomic E-state index is -0.587. The molecular formula is C12H13BrN2O2. The average Bonchev–Trinajstić information content (AvgIpc) is 2.30. The van der Waals surface area contributed by atoms with E-state index < -0.39 is 6.04 Å². The number of hydrogen-bond acceptors (Lipinski definition) is 4. The maximum Gasteiger partial charge on any atom is 0.327 e. The number of carbonyl (C=O) groups is 1. The Labute approximate surface area is 109 Å². The Hall–Kier alpha value is -1.38. The molecule has 90 valence electrons. The molecule has 0 aliphatic rings. The second-order valence-corrected chi connectivity index (χ2v) is 4.12. The Morgan fingerprint density at radius 3 is 3.06 bits per heavy atom. The molecule has 0 spiro atoms. The molecule has 1 rings (SSSR count). The van der Waals surface area contributed by atoms with Crippen LogP contribution in [-0.4, -0.2) is 24.1 Å². The zero-order chi connectivity index (χ0) is 12.7. The van der Waals surface area contributed by atoms with Gasteiger partial charge in [0.25, 0.3) is 0 Å². The van der Waals surface area contributed by atoms with Gasteiger partial charge in [0.2, 0.25) is 0 Å². The van der Waals surface area contributed by atoms with Crippen LogP contribution in [-0.2, 0) is 9.53 Å². The molecular weight excluding hydrogens is 284 g/mol. The van der Waals surface area contributed by atoms with Crippen LogP contribution < -0.4 is 5.32 Å². The summed E-state index contributed by atoms with van der Waals surface area (Å²) >= 11 is 3.30. The molecule has 0 saturated carbocycles. The number of nitrogens with one attached hydrogen (secondary N) is 1. The van der Waals surface area contributed by atoms with Gasteiger partial charge in [0.15, 0.2) is 0 Å². The first-order valence-electron chi connectivity index (χ1n) is 5.13. The summed E-state index contributed by atoms with van der Waals surface area (Å²) in [7, 11) is 0. The topological polar surface area (TPSA) is 51.2 Å². The van der Waals surface area contributed by atoms with E-state index in [9.17, 15) is 4.79 Å². The maximum absolute atomic E-state index is 11.8. The third kappa shape index (κ3) is 4.17. The van der Waals surface area contributed by atoms with Gasteiger partial charge < -0.3 is 4.74 Å². The van der Waals surface area contributed by atoms with Crippen molar-refractivity contribution in [2.75, 3.05) is 13.2 Å².